The average Bonchev–Trinajstić information content (AvgIpc) is 2.52. The van der Waals surface area contributed by atoms with Crippen molar-refractivity contribution in [1.82, 2.24) is 0 Å². The fourth-order valence-corrected chi connectivity index (χ4v) is 3.30. The molecule has 0 heterocycles. The van der Waals surface area contributed by atoms with Crippen LogP contribution in [0.3, 0.4) is 0 Å². The first kappa shape index (κ1) is 22.8. The lowest BCUT2D eigenvalue weighted by Gasteiger charge is -2.30. The van der Waals surface area contributed by atoms with Gasteiger partial charge in [0.25, 0.3) is 10.1 Å². The highest BCUT2D eigenvalue weighted by Gasteiger charge is 2.63. The summed E-state index contributed by atoms with van der Waals surface area (Å²) in [7, 11) is -5.18. The molecule has 0 aromatic heterocycles. The highest BCUT2D eigenvalue weighted by molar-refractivity contribution is 7.85. The molecular weight excluding hydrogens is 379 g/mol. The highest BCUT2D eigenvalue weighted by atomic mass is 32.2. The average molecular weight is 402 g/mol. The molecule has 0 bridgehead atoms. The smallest absolute Gasteiger partial charge is 0.282 e. The van der Waals surface area contributed by atoms with Crippen molar-refractivity contribution < 1.29 is 34.9 Å². The molecule has 0 spiro atoms. The maximum atomic E-state index is 14.4. The van der Waals surface area contributed by atoms with E-state index in [1.54, 1.807) is 0 Å². The van der Waals surface area contributed by atoms with E-state index in [0.29, 0.717) is 25.0 Å². The second-order valence-electron chi connectivity index (χ2n) is 6.34. The van der Waals surface area contributed by atoms with Crippen LogP contribution >= 0.6 is 0 Å². The molecule has 1 aromatic carbocycles. The van der Waals surface area contributed by atoms with E-state index < -0.39 is 45.0 Å². The van der Waals surface area contributed by atoms with Crippen LogP contribution in [-0.4, -0.2) is 25.1 Å². The summed E-state index contributed by atoms with van der Waals surface area (Å²) in [6.07, 6.45) is -1.03. The Labute approximate surface area is 150 Å². The summed E-state index contributed by atoms with van der Waals surface area (Å²) in [5.41, 5.74) is -1.54. The Morgan fingerprint density at radius 2 is 1.65 bits per heavy atom. The molecule has 0 saturated carbocycles. The second kappa shape index (κ2) is 8.65. The third-order valence-corrected chi connectivity index (χ3v) is 5.04. The van der Waals surface area contributed by atoms with Crippen molar-refractivity contribution in [2.75, 3.05) is 0 Å². The fourth-order valence-electron chi connectivity index (χ4n) is 2.60. The van der Waals surface area contributed by atoms with E-state index in [9.17, 15) is 30.4 Å². The Balaban J connectivity index is 3.13. The molecule has 9 heteroatoms. The van der Waals surface area contributed by atoms with Crippen molar-refractivity contribution in [3.05, 3.63) is 29.3 Å². The summed E-state index contributed by atoms with van der Waals surface area (Å²) >= 11 is 0. The third-order valence-electron chi connectivity index (χ3n) is 4.12. The Morgan fingerprint density at radius 3 is 2.19 bits per heavy atom. The molecule has 1 unspecified atom stereocenters. The number of hydrogen-bond donors (Lipinski definition) is 1. The predicted molar refractivity (Wildman–Crippen MR) is 88.1 cm³/mol. The third kappa shape index (κ3) is 5.16. The van der Waals surface area contributed by atoms with Crippen molar-refractivity contribution in [3.63, 3.8) is 0 Å². The SMILES string of the molecule is CCCCCCCC(F)C(F)(F)C(F)(F)c1cc(C)ccc1S(=O)(=O)O. The number of hydrogen-bond acceptors (Lipinski definition) is 2. The zero-order valence-corrected chi connectivity index (χ0v) is 15.4. The molecule has 0 amide bonds. The number of unbranched alkanes of at least 4 members (excludes halogenated alkanes) is 4. The Morgan fingerprint density at radius 1 is 1.08 bits per heavy atom. The lowest BCUT2D eigenvalue weighted by molar-refractivity contribution is -0.248. The predicted octanol–water partition coefficient (Wildman–Crippen LogP) is 5.67. The summed E-state index contributed by atoms with van der Waals surface area (Å²) in [5, 5.41) is 0. The maximum Gasteiger partial charge on any atom is 0.344 e. The van der Waals surface area contributed by atoms with Crippen LogP contribution in [-0.2, 0) is 16.0 Å². The van der Waals surface area contributed by atoms with Crippen LogP contribution in [0.1, 0.15) is 56.6 Å². The van der Waals surface area contributed by atoms with Gasteiger partial charge in [-0.05, 0) is 25.5 Å². The standard InChI is InChI=1S/C17H23F5O3S/c1-3-4-5-6-7-8-15(18)17(21,22)16(19,20)13-11-12(2)9-10-14(13)26(23,24)25/h9-11,15H,3-8H2,1-2H3,(H,23,24,25). The summed E-state index contributed by atoms with van der Waals surface area (Å²) in [6, 6.07) is 2.19. The van der Waals surface area contributed by atoms with E-state index in [1.807, 2.05) is 6.92 Å². The minimum absolute atomic E-state index is 0.0197. The van der Waals surface area contributed by atoms with Gasteiger partial charge >= 0.3 is 11.8 Å². The minimum atomic E-state index is -5.18. The van der Waals surface area contributed by atoms with Crippen molar-refractivity contribution >= 4 is 10.1 Å². The quantitative estimate of drug-likeness (QED) is 0.312. The van der Waals surface area contributed by atoms with Crippen molar-refractivity contribution in [1.29, 1.82) is 0 Å². The van der Waals surface area contributed by atoms with Gasteiger partial charge in [0.15, 0.2) is 6.17 Å². The highest BCUT2D eigenvalue weighted by Crippen LogP contribution is 2.49. The molecule has 150 valence electrons. The van der Waals surface area contributed by atoms with Crippen molar-refractivity contribution in [3.8, 4) is 0 Å². The fraction of sp³-hybridized carbons (Fsp3) is 0.647. The maximum absolute atomic E-state index is 14.4. The number of rotatable bonds is 10. The van der Waals surface area contributed by atoms with Crippen molar-refractivity contribution in [2.24, 2.45) is 0 Å². The van der Waals surface area contributed by atoms with Crippen LogP contribution in [0.2, 0.25) is 0 Å². The van der Waals surface area contributed by atoms with E-state index in [1.165, 1.54) is 6.92 Å². The van der Waals surface area contributed by atoms with E-state index in [4.69, 9.17) is 4.55 Å². The first-order chi connectivity index (χ1) is 11.9. The van der Waals surface area contributed by atoms with E-state index >= 15 is 0 Å². The molecule has 1 rings (SSSR count). The molecule has 3 nitrogen and oxygen atoms in total. The van der Waals surface area contributed by atoms with E-state index in [0.717, 1.165) is 18.9 Å². The Hall–Kier alpha value is -1.22. The van der Waals surface area contributed by atoms with Gasteiger partial charge < -0.3 is 0 Å². The zero-order valence-electron chi connectivity index (χ0n) is 14.6. The number of halogens is 5. The summed E-state index contributed by atoms with van der Waals surface area (Å²) in [6.45, 7) is 3.22. The molecule has 0 saturated heterocycles. The monoisotopic (exact) mass is 402 g/mol. The first-order valence-electron chi connectivity index (χ1n) is 8.34. The van der Waals surface area contributed by atoms with Gasteiger partial charge in [-0.25, -0.2) is 4.39 Å². The van der Waals surface area contributed by atoms with Gasteiger partial charge in [0.2, 0.25) is 0 Å². The lowest BCUT2D eigenvalue weighted by Crippen LogP contribution is -2.46. The molecule has 0 fully saturated rings. The summed E-state index contributed by atoms with van der Waals surface area (Å²) in [5.74, 6) is -10.2. The van der Waals surface area contributed by atoms with Crippen LogP contribution in [0.4, 0.5) is 22.0 Å². The minimum Gasteiger partial charge on any atom is -0.282 e. The van der Waals surface area contributed by atoms with Gasteiger partial charge in [0.1, 0.15) is 4.90 Å². The Kier molecular flexibility index (Phi) is 7.59. The molecular formula is C17H23F5O3S. The van der Waals surface area contributed by atoms with E-state index in [-0.39, 0.29) is 12.0 Å². The van der Waals surface area contributed by atoms with Crippen LogP contribution in [0.15, 0.2) is 23.1 Å². The van der Waals surface area contributed by atoms with E-state index in [2.05, 4.69) is 0 Å². The van der Waals surface area contributed by atoms with Gasteiger partial charge in [-0.15, -0.1) is 0 Å². The summed E-state index contributed by atoms with van der Waals surface area (Å²) in [4.78, 5) is -1.36. The van der Waals surface area contributed by atoms with Crippen molar-refractivity contribution in [2.45, 2.75) is 75.3 Å². The summed E-state index contributed by atoms with van der Waals surface area (Å²) < 4.78 is 103. The number of alkyl halides is 5. The zero-order chi connectivity index (χ0) is 20.2. The molecule has 0 aliphatic carbocycles. The van der Waals surface area contributed by atoms with Crippen LogP contribution < -0.4 is 0 Å². The van der Waals surface area contributed by atoms with Crippen LogP contribution in [0.25, 0.3) is 0 Å². The second-order valence-corrected chi connectivity index (χ2v) is 7.73. The number of benzene rings is 1. The van der Waals surface area contributed by atoms with Crippen LogP contribution in [0, 0.1) is 6.92 Å². The van der Waals surface area contributed by atoms with Gasteiger partial charge in [-0.2, -0.15) is 26.0 Å². The van der Waals surface area contributed by atoms with Gasteiger partial charge in [0, 0.05) is 5.56 Å². The normalized spacial score (nSPS) is 14.5. The molecule has 1 atom stereocenters. The van der Waals surface area contributed by atoms with Gasteiger partial charge in [-0.1, -0.05) is 50.7 Å². The van der Waals surface area contributed by atoms with Gasteiger partial charge in [0.05, 0.1) is 0 Å². The molecule has 26 heavy (non-hydrogen) atoms. The topological polar surface area (TPSA) is 54.4 Å². The number of aryl methyl sites for hydroxylation is 1. The Bertz CT molecular complexity index is 704. The molecule has 1 N–H and O–H groups in total. The lowest BCUT2D eigenvalue weighted by atomic mass is 9.94. The molecule has 0 aliphatic rings. The molecule has 0 aliphatic heterocycles. The largest absolute Gasteiger partial charge is 0.344 e. The van der Waals surface area contributed by atoms with Gasteiger partial charge in [-0.3, -0.25) is 4.55 Å². The first-order valence-corrected chi connectivity index (χ1v) is 9.78. The molecule has 0 radical (unpaired) electrons. The molecule has 1 aromatic rings. The van der Waals surface area contributed by atoms with Crippen LogP contribution in [0.5, 0.6) is 0 Å².